The minimum atomic E-state index is -0.565. The van der Waals surface area contributed by atoms with Gasteiger partial charge in [-0.1, -0.05) is 25.1 Å². The third-order valence-electron chi connectivity index (χ3n) is 5.13. The van der Waals surface area contributed by atoms with Gasteiger partial charge in [0.15, 0.2) is 0 Å². The number of hydrogen-bond donors (Lipinski definition) is 0. The topological polar surface area (TPSA) is 36.3 Å². The Morgan fingerprint density at radius 2 is 1.96 bits per heavy atom. The SMILES string of the molecule is CCCN(C)CCC[C@]1(c2ccc(F)cc2)OCc2cc(C#N)ccc21. The van der Waals surface area contributed by atoms with Gasteiger partial charge in [-0.2, -0.15) is 5.26 Å². The molecule has 1 atom stereocenters. The summed E-state index contributed by atoms with van der Waals surface area (Å²) in [6, 6.07) is 14.6. The second-order valence-electron chi connectivity index (χ2n) is 7.01. The Balaban J connectivity index is 1.92. The van der Waals surface area contributed by atoms with Crippen LogP contribution in [0.5, 0.6) is 0 Å². The van der Waals surface area contributed by atoms with Crippen LogP contribution < -0.4 is 0 Å². The maximum Gasteiger partial charge on any atom is 0.123 e. The lowest BCUT2D eigenvalue weighted by Crippen LogP contribution is -2.29. The summed E-state index contributed by atoms with van der Waals surface area (Å²) in [6.07, 6.45) is 2.94. The fourth-order valence-electron chi connectivity index (χ4n) is 3.86. The molecule has 0 saturated carbocycles. The molecule has 0 bridgehead atoms. The molecular formula is C22H25FN2O. The number of benzene rings is 2. The van der Waals surface area contributed by atoms with Crippen LogP contribution in [0.15, 0.2) is 42.5 Å². The van der Waals surface area contributed by atoms with E-state index in [2.05, 4.69) is 24.9 Å². The van der Waals surface area contributed by atoms with Crippen molar-refractivity contribution in [1.82, 2.24) is 4.90 Å². The molecular weight excluding hydrogens is 327 g/mol. The van der Waals surface area contributed by atoms with Crippen LogP contribution in [0.4, 0.5) is 4.39 Å². The number of halogens is 1. The molecule has 0 aromatic heterocycles. The van der Waals surface area contributed by atoms with Crippen molar-refractivity contribution in [3.05, 3.63) is 70.5 Å². The van der Waals surface area contributed by atoms with E-state index in [1.54, 1.807) is 0 Å². The molecule has 0 unspecified atom stereocenters. The van der Waals surface area contributed by atoms with E-state index in [0.29, 0.717) is 12.2 Å². The molecule has 2 aromatic rings. The molecule has 3 rings (SSSR count). The van der Waals surface area contributed by atoms with Gasteiger partial charge in [-0.3, -0.25) is 0 Å². The summed E-state index contributed by atoms with van der Waals surface area (Å²) in [4.78, 5) is 2.33. The second kappa shape index (κ2) is 7.99. The zero-order chi connectivity index (χ0) is 18.6. The van der Waals surface area contributed by atoms with Crippen LogP contribution in [0, 0.1) is 17.1 Å². The Morgan fingerprint density at radius 3 is 2.65 bits per heavy atom. The molecule has 0 fully saturated rings. The monoisotopic (exact) mass is 352 g/mol. The lowest BCUT2D eigenvalue weighted by atomic mass is 9.81. The molecule has 136 valence electrons. The predicted molar refractivity (Wildman–Crippen MR) is 100 cm³/mol. The predicted octanol–water partition coefficient (Wildman–Crippen LogP) is 4.59. The fourth-order valence-corrected chi connectivity index (χ4v) is 3.86. The van der Waals surface area contributed by atoms with Crippen LogP contribution in [0.2, 0.25) is 0 Å². The van der Waals surface area contributed by atoms with Crippen molar-refractivity contribution in [2.75, 3.05) is 20.1 Å². The highest BCUT2D eigenvalue weighted by molar-refractivity contribution is 5.47. The first-order valence-corrected chi connectivity index (χ1v) is 9.21. The summed E-state index contributed by atoms with van der Waals surface area (Å²) in [5.74, 6) is -0.246. The van der Waals surface area contributed by atoms with Crippen LogP contribution in [-0.2, 0) is 16.9 Å². The molecule has 1 heterocycles. The summed E-state index contributed by atoms with van der Waals surface area (Å²) in [6.45, 7) is 4.73. The van der Waals surface area contributed by atoms with E-state index in [4.69, 9.17) is 10.00 Å². The standard InChI is InChI=1S/C22H25FN2O/c1-3-12-25(2)13-4-11-22(19-6-8-20(23)9-7-19)21-10-5-17(15-24)14-18(21)16-26-22/h5-10,14H,3-4,11-13,16H2,1-2H3/t22-/m1/s1. The largest absolute Gasteiger partial charge is 0.361 e. The molecule has 0 radical (unpaired) electrons. The van der Waals surface area contributed by atoms with Crippen LogP contribution in [0.25, 0.3) is 0 Å². The van der Waals surface area contributed by atoms with Gasteiger partial charge in [-0.25, -0.2) is 4.39 Å². The van der Waals surface area contributed by atoms with Crippen molar-refractivity contribution >= 4 is 0 Å². The highest BCUT2D eigenvalue weighted by Gasteiger charge is 2.41. The summed E-state index contributed by atoms with van der Waals surface area (Å²) < 4.78 is 19.8. The van der Waals surface area contributed by atoms with Crippen LogP contribution in [0.3, 0.4) is 0 Å². The van der Waals surface area contributed by atoms with Crippen LogP contribution in [0.1, 0.15) is 48.4 Å². The van der Waals surface area contributed by atoms with Crippen molar-refractivity contribution < 1.29 is 9.13 Å². The molecule has 1 aliphatic heterocycles. The highest BCUT2D eigenvalue weighted by atomic mass is 19.1. The Labute approximate surface area is 155 Å². The Hall–Kier alpha value is -2.22. The fraction of sp³-hybridized carbons (Fsp3) is 0.409. The maximum absolute atomic E-state index is 13.5. The van der Waals surface area contributed by atoms with Gasteiger partial charge in [0.1, 0.15) is 11.4 Å². The van der Waals surface area contributed by atoms with Gasteiger partial charge in [0.25, 0.3) is 0 Å². The van der Waals surface area contributed by atoms with E-state index in [0.717, 1.165) is 49.0 Å². The molecule has 0 aliphatic carbocycles. The first-order chi connectivity index (χ1) is 12.6. The first-order valence-electron chi connectivity index (χ1n) is 9.21. The minimum absolute atomic E-state index is 0.246. The molecule has 3 nitrogen and oxygen atoms in total. The van der Waals surface area contributed by atoms with Gasteiger partial charge in [0.2, 0.25) is 0 Å². The third-order valence-corrected chi connectivity index (χ3v) is 5.13. The van der Waals surface area contributed by atoms with Crippen molar-refractivity contribution in [3.8, 4) is 6.07 Å². The van der Waals surface area contributed by atoms with E-state index < -0.39 is 5.60 Å². The smallest absolute Gasteiger partial charge is 0.123 e. The average molecular weight is 352 g/mol. The van der Waals surface area contributed by atoms with Gasteiger partial charge >= 0.3 is 0 Å². The van der Waals surface area contributed by atoms with Gasteiger partial charge in [-0.05, 0) is 80.4 Å². The number of ether oxygens (including phenoxy) is 1. The molecule has 1 aliphatic rings. The van der Waals surface area contributed by atoms with Crippen molar-refractivity contribution in [1.29, 1.82) is 5.26 Å². The number of nitrogens with zero attached hydrogens (tertiary/aromatic N) is 2. The third kappa shape index (κ3) is 3.65. The van der Waals surface area contributed by atoms with E-state index in [1.807, 2.05) is 30.3 Å². The normalized spacial score (nSPS) is 18.7. The lowest BCUT2D eigenvalue weighted by Gasteiger charge is -2.31. The zero-order valence-corrected chi connectivity index (χ0v) is 15.5. The molecule has 0 spiro atoms. The van der Waals surface area contributed by atoms with Crippen molar-refractivity contribution in [2.45, 2.75) is 38.4 Å². The van der Waals surface area contributed by atoms with E-state index in [-0.39, 0.29) is 5.82 Å². The molecule has 2 aromatic carbocycles. The number of nitriles is 1. The number of hydrogen-bond acceptors (Lipinski definition) is 3. The lowest BCUT2D eigenvalue weighted by molar-refractivity contribution is -0.0142. The summed E-state index contributed by atoms with van der Waals surface area (Å²) in [5.41, 5.74) is 3.20. The second-order valence-corrected chi connectivity index (χ2v) is 7.01. The van der Waals surface area contributed by atoms with E-state index >= 15 is 0 Å². The maximum atomic E-state index is 13.5. The van der Waals surface area contributed by atoms with E-state index in [9.17, 15) is 4.39 Å². The van der Waals surface area contributed by atoms with Gasteiger partial charge in [0.05, 0.1) is 18.2 Å². The van der Waals surface area contributed by atoms with Crippen LogP contribution >= 0.6 is 0 Å². The average Bonchev–Trinajstić information content (AvgIpc) is 3.01. The van der Waals surface area contributed by atoms with Gasteiger partial charge < -0.3 is 9.64 Å². The number of rotatable bonds is 7. The van der Waals surface area contributed by atoms with Crippen LogP contribution in [-0.4, -0.2) is 25.0 Å². The highest BCUT2D eigenvalue weighted by Crippen LogP contribution is 2.45. The molecule has 4 heteroatoms. The van der Waals surface area contributed by atoms with Gasteiger partial charge in [-0.15, -0.1) is 0 Å². The van der Waals surface area contributed by atoms with Gasteiger partial charge in [0, 0.05) is 0 Å². The first kappa shape index (κ1) is 18.6. The minimum Gasteiger partial charge on any atom is -0.361 e. The Kier molecular flexibility index (Phi) is 5.70. The van der Waals surface area contributed by atoms with Crippen molar-refractivity contribution in [3.63, 3.8) is 0 Å². The Morgan fingerprint density at radius 1 is 1.19 bits per heavy atom. The summed E-state index contributed by atoms with van der Waals surface area (Å²) >= 11 is 0. The summed E-state index contributed by atoms with van der Waals surface area (Å²) in [7, 11) is 2.14. The molecule has 0 amide bonds. The zero-order valence-electron chi connectivity index (χ0n) is 15.5. The molecule has 0 saturated heterocycles. The molecule has 0 N–H and O–H groups in total. The Bertz CT molecular complexity index is 797. The quantitative estimate of drug-likeness (QED) is 0.731. The number of fused-ring (bicyclic) bond motifs is 1. The van der Waals surface area contributed by atoms with Crippen molar-refractivity contribution in [2.24, 2.45) is 0 Å². The van der Waals surface area contributed by atoms with E-state index in [1.165, 1.54) is 12.1 Å². The summed E-state index contributed by atoms with van der Waals surface area (Å²) in [5, 5.41) is 9.16. The molecule has 26 heavy (non-hydrogen) atoms.